The van der Waals surface area contributed by atoms with Gasteiger partial charge in [-0.1, -0.05) is 52.1 Å². The summed E-state index contributed by atoms with van der Waals surface area (Å²) in [5.74, 6) is 0.685. The van der Waals surface area contributed by atoms with Gasteiger partial charge < -0.3 is 15.7 Å². The van der Waals surface area contributed by atoms with Crippen molar-refractivity contribution >= 4 is 40.6 Å². The van der Waals surface area contributed by atoms with Crippen molar-refractivity contribution < 1.29 is 9.94 Å². The second-order valence-electron chi connectivity index (χ2n) is 4.24. The Hall–Kier alpha value is -1.62. The molecule has 0 spiro atoms. The van der Waals surface area contributed by atoms with Crippen LogP contribution >= 0.6 is 34.8 Å². The zero-order chi connectivity index (χ0) is 15.6. The first-order chi connectivity index (χ1) is 9.93. The van der Waals surface area contributed by atoms with Crippen LogP contribution in [0.15, 0.2) is 35.5 Å². The molecule has 3 N–H and O–H groups in total. The summed E-state index contributed by atoms with van der Waals surface area (Å²) in [7, 11) is 0. The normalized spacial score (nSPS) is 11.5. The van der Waals surface area contributed by atoms with E-state index in [0.717, 1.165) is 5.56 Å². The molecule has 2 aromatic carbocycles. The van der Waals surface area contributed by atoms with Gasteiger partial charge in [-0.15, -0.1) is 0 Å². The molecular formula is C14H11Cl3N2O2. The van der Waals surface area contributed by atoms with E-state index in [0.29, 0.717) is 32.1 Å². The van der Waals surface area contributed by atoms with Gasteiger partial charge in [0.1, 0.15) is 11.5 Å². The van der Waals surface area contributed by atoms with E-state index in [1.807, 2.05) is 13.0 Å². The summed E-state index contributed by atoms with van der Waals surface area (Å²) in [6.07, 6.45) is 0. The number of nitrogens with two attached hydrogens (primary N) is 1. The quantitative estimate of drug-likeness (QED) is 0.275. The molecule has 2 rings (SSSR count). The van der Waals surface area contributed by atoms with E-state index in [4.69, 9.17) is 50.5 Å². The van der Waals surface area contributed by atoms with Crippen molar-refractivity contribution in [1.29, 1.82) is 0 Å². The van der Waals surface area contributed by atoms with E-state index < -0.39 is 0 Å². The summed E-state index contributed by atoms with van der Waals surface area (Å²) in [5.41, 5.74) is 6.89. The largest absolute Gasteiger partial charge is 0.455 e. The number of rotatable bonds is 3. The van der Waals surface area contributed by atoms with Gasteiger partial charge >= 0.3 is 0 Å². The maximum atomic E-state index is 8.85. The average molecular weight is 346 g/mol. The van der Waals surface area contributed by atoms with Crippen LogP contribution in [0.4, 0.5) is 0 Å². The molecule has 4 nitrogen and oxygen atoms in total. The Morgan fingerprint density at radius 3 is 2.48 bits per heavy atom. The Morgan fingerprint density at radius 2 is 1.81 bits per heavy atom. The van der Waals surface area contributed by atoms with Gasteiger partial charge in [-0.2, -0.15) is 0 Å². The molecule has 0 unspecified atom stereocenters. The molecule has 0 aliphatic heterocycles. The molecule has 0 saturated carbocycles. The van der Waals surface area contributed by atoms with Gasteiger partial charge in [-0.3, -0.25) is 0 Å². The fraction of sp³-hybridized carbons (Fsp3) is 0.0714. The van der Waals surface area contributed by atoms with Crippen LogP contribution in [0, 0.1) is 6.92 Å². The molecule has 0 heterocycles. The Labute approximate surface area is 136 Å². The Balaban J connectivity index is 2.52. The lowest BCUT2D eigenvalue weighted by atomic mass is 10.1. The minimum absolute atomic E-state index is 0.0649. The van der Waals surface area contributed by atoms with E-state index in [-0.39, 0.29) is 5.84 Å². The fourth-order valence-corrected chi connectivity index (χ4v) is 2.31. The lowest BCUT2D eigenvalue weighted by molar-refractivity contribution is 0.318. The fourth-order valence-electron chi connectivity index (χ4n) is 1.74. The molecule has 0 bridgehead atoms. The molecule has 2 aromatic rings. The summed E-state index contributed by atoms with van der Waals surface area (Å²) in [5, 5.41) is 12.8. The highest BCUT2D eigenvalue weighted by atomic mass is 35.5. The number of amidine groups is 1. The predicted octanol–water partition coefficient (Wildman–Crippen LogP) is 4.84. The number of halogens is 3. The highest BCUT2D eigenvalue weighted by Crippen LogP contribution is 2.38. The number of ether oxygens (including phenoxy) is 1. The topological polar surface area (TPSA) is 67.8 Å². The van der Waals surface area contributed by atoms with Gasteiger partial charge in [0.15, 0.2) is 5.84 Å². The minimum Gasteiger partial charge on any atom is -0.455 e. The highest BCUT2D eigenvalue weighted by molar-refractivity contribution is 6.43. The Kier molecular flexibility index (Phi) is 4.83. The molecule has 0 amide bonds. The van der Waals surface area contributed by atoms with Gasteiger partial charge in [0.25, 0.3) is 0 Å². The van der Waals surface area contributed by atoms with Crippen LogP contribution in [0.1, 0.15) is 11.1 Å². The lowest BCUT2D eigenvalue weighted by Gasteiger charge is -2.14. The van der Waals surface area contributed by atoms with Gasteiger partial charge in [0, 0.05) is 6.07 Å². The molecule has 0 radical (unpaired) electrons. The molecular weight excluding hydrogens is 335 g/mol. The molecule has 0 fully saturated rings. The number of hydrogen-bond acceptors (Lipinski definition) is 3. The summed E-state index contributed by atoms with van der Waals surface area (Å²) >= 11 is 17.9. The Bertz CT molecular complexity index is 718. The van der Waals surface area contributed by atoms with Gasteiger partial charge in [-0.25, -0.2) is 0 Å². The number of benzene rings is 2. The van der Waals surface area contributed by atoms with E-state index in [1.54, 1.807) is 12.1 Å². The van der Waals surface area contributed by atoms with Crippen LogP contribution in [0.3, 0.4) is 0 Å². The molecule has 110 valence electrons. The number of nitrogens with zero attached hydrogens (tertiary/aromatic N) is 1. The third-order valence-electron chi connectivity index (χ3n) is 2.78. The number of aryl methyl sites for hydroxylation is 1. The zero-order valence-electron chi connectivity index (χ0n) is 10.9. The van der Waals surface area contributed by atoms with Crippen LogP contribution in [-0.4, -0.2) is 11.0 Å². The standard InChI is InChI=1S/C14H11Cl3N2O2/c1-7-3-2-4-8(14(18)19-20)13(7)21-12-6-10(16)9(15)5-11(12)17/h2-6,20H,1H3,(H2,18,19). The summed E-state index contributed by atoms with van der Waals surface area (Å²) < 4.78 is 5.78. The smallest absolute Gasteiger partial charge is 0.173 e. The molecule has 0 aliphatic rings. The second kappa shape index (κ2) is 6.43. The van der Waals surface area contributed by atoms with E-state index >= 15 is 0 Å². The highest BCUT2D eigenvalue weighted by Gasteiger charge is 2.15. The minimum atomic E-state index is -0.0649. The van der Waals surface area contributed by atoms with Crippen molar-refractivity contribution in [3.8, 4) is 11.5 Å². The third-order valence-corrected chi connectivity index (χ3v) is 3.80. The zero-order valence-corrected chi connectivity index (χ0v) is 13.2. The van der Waals surface area contributed by atoms with Crippen LogP contribution in [0.25, 0.3) is 0 Å². The van der Waals surface area contributed by atoms with Gasteiger partial charge in [0.2, 0.25) is 0 Å². The SMILES string of the molecule is Cc1cccc(/C(N)=N/O)c1Oc1cc(Cl)c(Cl)cc1Cl. The van der Waals surface area contributed by atoms with Crippen LogP contribution in [0.2, 0.25) is 15.1 Å². The van der Waals surface area contributed by atoms with Crippen LogP contribution in [0.5, 0.6) is 11.5 Å². The predicted molar refractivity (Wildman–Crippen MR) is 85.2 cm³/mol. The molecule has 0 aliphatic carbocycles. The number of hydrogen-bond donors (Lipinski definition) is 2. The number of para-hydroxylation sites is 1. The van der Waals surface area contributed by atoms with Crippen molar-refractivity contribution in [2.24, 2.45) is 10.9 Å². The van der Waals surface area contributed by atoms with Crippen molar-refractivity contribution in [2.75, 3.05) is 0 Å². The van der Waals surface area contributed by atoms with Gasteiger partial charge in [0.05, 0.1) is 20.6 Å². The monoisotopic (exact) mass is 344 g/mol. The third kappa shape index (κ3) is 3.35. The van der Waals surface area contributed by atoms with Crippen molar-refractivity contribution in [3.05, 3.63) is 56.5 Å². The molecule has 7 heteroatoms. The summed E-state index contributed by atoms with van der Waals surface area (Å²) in [4.78, 5) is 0. The average Bonchev–Trinajstić information content (AvgIpc) is 2.45. The maximum absolute atomic E-state index is 8.85. The molecule has 0 atom stereocenters. The van der Waals surface area contributed by atoms with E-state index in [1.165, 1.54) is 12.1 Å². The van der Waals surface area contributed by atoms with Crippen molar-refractivity contribution in [1.82, 2.24) is 0 Å². The molecule has 0 saturated heterocycles. The first-order valence-corrected chi connectivity index (χ1v) is 6.97. The Morgan fingerprint density at radius 1 is 1.14 bits per heavy atom. The van der Waals surface area contributed by atoms with E-state index in [2.05, 4.69) is 5.16 Å². The van der Waals surface area contributed by atoms with Crippen molar-refractivity contribution in [3.63, 3.8) is 0 Å². The number of oxime groups is 1. The van der Waals surface area contributed by atoms with Crippen molar-refractivity contribution in [2.45, 2.75) is 6.92 Å². The van der Waals surface area contributed by atoms with Gasteiger partial charge in [-0.05, 0) is 24.6 Å². The second-order valence-corrected chi connectivity index (χ2v) is 5.46. The summed E-state index contributed by atoms with van der Waals surface area (Å²) in [6.45, 7) is 1.83. The van der Waals surface area contributed by atoms with Crippen LogP contribution < -0.4 is 10.5 Å². The van der Waals surface area contributed by atoms with Crippen LogP contribution in [-0.2, 0) is 0 Å². The molecule has 21 heavy (non-hydrogen) atoms. The first kappa shape index (κ1) is 15.8. The molecule has 0 aromatic heterocycles. The maximum Gasteiger partial charge on any atom is 0.173 e. The van der Waals surface area contributed by atoms with E-state index in [9.17, 15) is 0 Å². The first-order valence-electron chi connectivity index (χ1n) is 5.84. The summed E-state index contributed by atoms with van der Waals surface area (Å²) in [6, 6.07) is 8.26. The lowest BCUT2D eigenvalue weighted by Crippen LogP contribution is -2.14.